The van der Waals surface area contributed by atoms with Crippen molar-refractivity contribution in [3.05, 3.63) is 82.9 Å². The van der Waals surface area contributed by atoms with Crippen LogP contribution in [0, 0.1) is 22.7 Å². The molecule has 30 heavy (non-hydrogen) atoms. The van der Waals surface area contributed by atoms with Crippen LogP contribution in [0.15, 0.2) is 60.7 Å². The Kier molecular flexibility index (Phi) is 10.0. The van der Waals surface area contributed by atoms with Gasteiger partial charge in [-0.3, -0.25) is 0 Å². The molecule has 2 aromatic carbocycles. The summed E-state index contributed by atoms with van der Waals surface area (Å²) in [4.78, 5) is 11.6. The smallest absolute Gasteiger partial charge is 0.434 e. The molecule has 0 saturated heterocycles. The first kappa shape index (κ1) is 22.5. The number of nitriles is 2. The van der Waals surface area contributed by atoms with Gasteiger partial charge >= 0.3 is 6.16 Å². The fraction of sp³-hybridized carbons (Fsp3) is 0.240. The van der Waals surface area contributed by atoms with Gasteiger partial charge in [0.05, 0.1) is 36.5 Å². The molecule has 2 aromatic rings. The second-order valence-corrected chi connectivity index (χ2v) is 6.51. The van der Waals surface area contributed by atoms with Gasteiger partial charge in [-0.15, -0.1) is 0 Å². The summed E-state index contributed by atoms with van der Waals surface area (Å²) in [5.41, 5.74) is 3.21. The molecule has 0 spiro atoms. The van der Waals surface area contributed by atoms with E-state index in [1.807, 2.05) is 60.7 Å². The van der Waals surface area contributed by atoms with Crippen LogP contribution in [0.5, 0.6) is 0 Å². The minimum Gasteiger partial charge on any atom is -0.434 e. The third kappa shape index (κ3) is 8.91. The van der Waals surface area contributed by atoms with E-state index in [9.17, 15) is 4.79 Å². The van der Waals surface area contributed by atoms with E-state index in [1.165, 1.54) is 0 Å². The molecule has 152 valence electrons. The number of carbonyl (C=O) groups excluding carboxylic acids is 1. The summed E-state index contributed by atoms with van der Waals surface area (Å²) in [5, 5.41) is 17.8. The second kappa shape index (κ2) is 13.4. The maximum Gasteiger partial charge on any atom is 0.508 e. The predicted molar refractivity (Wildman–Crippen MR) is 116 cm³/mol. The Balaban J connectivity index is 1.52. The Labute approximate surface area is 177 Å². The molecular weight excluding hydrogens is 376 g/mol. The van der Waals surface area contributed by atoms with E-state index >= 15 is 0 Å². The molecule has 0 unspecified atom stereocenters. The zero-order valence-electron chi connectivity index (χ0n) is 16.8. The van der Waals surface area contributed by atoms with Gasteiger partial charge in [0.25, 0.3) is 0 Å². The van der Waals surface area contributed by atoms with Crippen LogP contribution in [-0.2, 0) is 9.47 Å². The number of rotatable bonds is 10. The van der Waals surface area contributed by atoms with Crippen molar-refractivity contribution in [2.45, 2.75) is 25.7 Å². The fourth-order valence-electron chi connectivity index (χ4n) is 2.62. The monoisotopic (exact) mass is 400 g/mol. The molecule has 0 aromatic heterocycles. The van der Waals surface area contributed by atoms with Crippen molar-refractivity contribution < 1.29 is 14.3 Å². The minimum absolute atomic E-state index is 0.302. The molecule has 0 bridgehead atoms. The van der Waals surface area contributed by atoms with E-state index < -0.39 is 6.16 Å². The summed E-state index contributed by atoms with van der Waals surface area (Å²) in [7, 11) is 0. The Morgan fingerprint density at radius 3 is 1.70 bits per heavy atom. The lowest BCUT2D eigenvalue weighted by atomic mass is 10.1. The Bertz CT molecular complexity index is 887. The number of carbonyl (C=O) groups is 1. The second-order valence-electron chi connectivity index (χ2n) is 6.51. The molecule has 0 atom stereocenters. The average Bonchev–Trinajstić information content (AvgIpc) is 2.78. The van der Waals surface area contributed by atoms with Crippen LogP contribution in [0.3, 0.4) is 0 Å². The molecule has 0 aliphatic rings. The number of ether oxygens (including phenoxy) is 2. The van der Waals surface area contributed by atoms with E-state index in [4.69, 9.17) is 20.0 Å². The molecule has 0 saturated carbocycles. The van der Waals surface area contributed by atoms with Gasteiger partial charge < -0.3 is 9.47 Å². The molecule has 0 heterocycles. The van der Waals surface area contributed by atoms with Crippen molar-refractivity contribution in [3.63, 3.8) is 0 Å². The highest BCUT2D eigenvalue weighted by molar-refractivity contribution is 5.59. The summed E-state index contributed by atoms with van der Waals surface area (Å²) in [6.07, 6.45) is 10.2. The number of benzene rings is 2. The number of unbranched alkanes of at least 4 members (excludes halogenated alkanes) is 2. The van der Waals surface area contributed by atoms with E-state index in [0.29, 0.717) is 37.2 Å². The highest BCUT2D eigenvalue weighted by Gasteiger charge is 2.02. The van der Waals surface area contributed by atoms with Crippen LogP contribution in [0.1, 0.15) is 47.9 Å². The molecule has 0 amide bonds. The molecule has 0 fully saturated rings. The van der Waals surface area contributed by atoms with Gasteiger partial charge in [0, 0.05) is 0 Å². The largest absolute Gasteiger partial charge is 0.508 e. The molecule has 5 nitrogen and oxygen atoms in total. The van der Waals surface area contributed by atoms with Gasteiger partial charge in [0.2, 0.25) is 0 Å². The van der Waals surface area contributed by atoms with Crippen molar-refractivity contribution >= 4 is 18.3 Å². The van der Waals surface area contributed by atoms with Gasteiger partial charge in [-0.1, -0.05) is 48.6 Å². The van der Waals surface area contributed by atoms with Gasteiger partial charge in [-0.2, -0.15) is 10.5 Å². The van der Waals surface area contributed by atoms with Gasteiger partial charge in [0.1, 0.15) is 0 Å². The first-order chi connectivity index (χ1) is 14.7. The third-order valence-corrected chi connectivity index (χ3v) is 4.12. The number of allylic oxidation sites excluding steroid dienone is 2. The lowest BCUT2D eigenvalue weighted by molar-refractivity contribution is 0.0542. The molecule has 0 N–H and O–H groups in total. The fourth-order valence-corrected chi connectivity index (χ4v) is 2.62. The summed E-state index contributed by atoms with van der Waals surface area (Å²) < 4.78 is 10.1. The van der Waals surface area contributed by atoms with E-state index in [-0.39, 0.29) is 0 Å². The lowest BCUT2D eigenvalue weighted by Gasteiger charge is -2.04. The summed E-state index contributed by atoms with van der Waals surface area (Å²) >= 11 is 0. The highest BCUT2D eigenvalue weighted by atomic mass is 16.7. The molecule has 5 heteroatoms. The van der Waals surface area contributed by atoms with Gasteiger partial charge in [0.15, 0.2) is 0 Å². The van der Waals surface area contributed by atoms with Crippen LogP contribution < -0.4 is 0 Å². The van der Waals surface area contributed by atoms with Gasteiger partial charge in [-0.05, 0) is 61.1 Å². The molecule has 2 rings (SSSR count). The lowest BCUT2D eigenvalue weighted by Crippen LogP contribution is -2.09. The third-order valence-electron chi connectivity index (χ3n) is 4.12. The maximum atomic E-state index is 11.6. The predicted octanol–water partition coefficient (Wildman–Crippen LogP) is 5.87. The topological polar surface area (TPSA) is 83.1 Å². The number of nitrogens with zero attached hydrogens (tertiary/aromatic N) is 2. The Morgan fingerprint density at radius 2 is 1.27 bits per heavy atom. The highest BCUT2D eigenvalue weighted by Crippen LogP contribution is 2.08. The van der Waals surface area contributed by atoms with E-state index in [0.717, 1.165) is 24.0 Å². The normalized spacial score (nSPS) is 10.6. The van der Waals surface area contributed by atoms with Crippen molar-refractivity contribution in [2.24, 2.45) is 0 Å². The molecule has 0 aliphatic carbocycles. The maximum absolute atomic E-state index is 11.6. The summed E-state index contributed by atoms with van der Waals surface area (Å²) in [6, 6.07) is 19.0. The van der Waals surface area contributed by atoms with E-state index in [1.54, 1.807) is 12.1 Å². The Morgan fingerprint density at radius 1 is 0.800 bits per heavy atom. The molecule has 0 radical (unpaired) electrons. The number of hydrogen-bond acceptors (Lipinski definition) is 5. The number of hydrogen-bond donors (Lipinski definition) is 0. The quantitative estimate of drug-likeness (QED) is 0.368. The Hall–Kier alpha value is -3.83. The molecule has 0 aliphatic heterocycles. The average molecular weight is 400 g/mol. The minimum atomic E-state index is -0.647. The van der Waals surface area contributed by atoms with Crippen LogP contribution in [-0.4, -0.2) is 19.4 Å². The zero-order valence-corrected chi connectivity index (χ0v) is 16.8. The van der Waals surface area contributed by atoms with Crippen LogP contribution >= 0.6 is 0 Å². The van der Waals surface area contributed by atoms with Crippen LogP contribution in [0.4, 0.5) is 4.79 Å². The van der Waals surface area contributed by atoms with E-state index in [2.05, 4.69) is 12.1 Å². The molecular formula is C25H24N2O3. The zero-order chi connectivity index (χ0) is 21.4. The SMILES string of the molecule is N#Cc1cccc(/C=C/CCCOC(=O)OCCC/C=C/c2cccc(C#N)c2)c1. The first-order valence-electron chi connectivity index (χ1n) is 9.84. The standard InChI is InChI=1S/C25H24N2O3/c26-19-23-13-7-11-21(17-23)9-3-1-5-15-29-25(28)30-16-6-2-4-10-22-12-8-14-24(18-22)20-27/h3-4,7-14,17-18H,1-2,5-6,15-16H2/b9-3+,10-4+. The van der Waals surface area contributed by atoms with Crippen molar-refractivity contribution in [1.82, 2.24) is 0 Å². The summed E-state index contributed by atoms with van der Waals surface area (Å²) in [6.45, 7) is 0.604. The van der Waals surface area contributed by atoms with Gasteiger partial charge in [-0.25, -0.2) is 4.79 Å². The van der Waals surface area contributed by atoms with Crippen molar-refractivity contribution in [2.75, 3.05) is 13.2 Å². The van der Waals surface area contributed by atoms with Crippen molar-refractivity contribution in [1.29, 1.82) is 10.5 Å². The van der Waals surface area contributed by atoms with Crippen LogP contribution in [0.25, 0.3) is 12.2 Å². The first-order valence-corrected chi connectivity index (χ1v) is 9.84. The summed E-state index contributed by atoms with van der Waals surface area (Å²) in [5.74, 6) is 0. The van der Waals surface area contributed by atoms with Crippen molar-refractivity contribution in [3.8, 4) is 12.1 Å². The van der Waals surface area contributed by atoms with Crippen LogP contribution in [0.2, 0.25) is 0 Å².